The molecule has 0 fully saturated rings. The van der Waals surface area contributed by atoms with E-state index in [1.807, 2.05) is 41.2 Å². The van der Waals surface area contributed by atoms with Crippen molar-refractivity contribution >= 4 is 17.8 Å². The second kappa shape index (κ2) is 8.67. The molecule has 0 radical (unpaired) electrons. The molecule has 3 N–H and O–H groups in total. The maximum Gasteiger partial charge on any atom is 0.271 e. The molecule has 0 bridgehead atoms. The highest BCUT2D eigenvalue weighted by molar-refractivity contribution is 5.96. The summed E-state index contributed by atoms with van der Waals surface area (Å²) < 4.78 is 1.82. The monoisotopic (exact) mass is 409 g/mol. The zero-order chi connectivity index (χ0) is 21.8. The summed E-state index contributed by atoms with van der Waals surface area (Å²) in [5.41, 5.74) is 15.2. The number of hydrogen-bond acceptors (Lipinski definition) is 4. The molecular formula is C25H23N5O. The zero-order valence-corrected chi connectivity index (χ0v) is 17.4. The number of nitrogens with two attached hydrogens (primary N) is 1. The minimum atomic E-state index is -0.306. The molecule has 1 aromatic heterocycles. The molecule has 154 valence electrons. The summed E-state index contributed by atoms with van der Waals surface area (Å²) in [7, 11) is 0. The molecule has 0 aliphatic carbocycles. The molecule has 0 aliphatic heterocycles. The normalized spacial score (nSPS) is 11.0. The molecule has 1 heterocycles. The van der Waals surface area contributed by atoms with Crippen LogP contribution in [0.3, 0.4) is 0 Å². The van der Waals surface area contributed by atoms with E-state index < -0.39 is 0 Å². The third-order valence-electron chi connectivity index (χ3n) is 4.94. The number of rotatable bonds is 5. The summed E-state index contributed by atoms with van der Waals surface area (Å²) in [6, 6.07) is 22.8. The summed E-state index contributed by atoms with van der Waals surface area (Å²) >= 11 is 0. The number of amides is 1. The predicted molar refractivity (Wildman–Crippen MR) is 124 cm³/mol. The first-order valence-electron chi connectivity index (χ1n) is 9.93. The van der Waals surface area contributed by atoms with Crippen molar-refractivity contribution in [2.45, 2.75) is 13.8 Å². The van der Waals surface area contributed by atoms with Crippen molar-refractivity contribution < 1.29 is 4.79 Å². The summed E-state index contributed by atoms with van der Waals surface area (Å²) in [6.45, 7) is 4.13. The number of nitrogens with zero attached hydrogens (tertiary/aromatic N) is 3. The predicted octanol–water partition coefficient (Wildman–Crippen LogP) is 4.50. The number of hydrazone groups is 1. The molecule has 0 saturated heterocycles. The topological polar surface area (TPSA) is 85.3 Å². The van der Waals surface area contributed by atoms with Crippen molar-refractivity contribution in [1.82, 2.24) is 15.2 Å². The maximum absolute atomic E-state index is 12.3. The summed E-state index contributed by atoms with van der Waals surface area (Å²) in [6.07, 6.45) is 3.53. The Morgan fingerprint density at radius 1 is 1.03 bits per heavy atom. The second-order valence-corrected chi connectivity index (χ2v) is 7.35. The van der Waals surface area contributed by atoms with E-state index in [1.54, 1.807) is 30.5 Å². The van der Waals surface area contributed by atoms with Crippen LogP contribution in [0.15, 0.2) is 84.1 Å². The van der Waals surface area contributed by atoms with Gasteiger partial charge in [-0.1, -0.05) is 42.0 Å². The minimum Gasteiger partial charge on any atom is -0.399 e. The molecule has 3 aromatic carbocycles. The van der Waals surface area contributed by atoms with Gasteiger partial charge >= 0.3 is 0 Å². The van der Waals surface area contributed by atoms with Gasteiger partial charge in [-0.25, -0.2) is 10.1 Å². The van der Waals surface area contributed by atoms with Gasteiger partial charge in [0.05, 0.1) is 11.9 Å². The van der Waals surface area contributed by atoms with E-state index in [0.29, 0.717) is 11.3 Å². The highest BCUT2D eigenvalue weighted by Crippen LogP contribution is 2.26. The number of aryl methyl sites for hydroxylation is 2. The zero-order valence-electron chi connectivity index (χ0n) is 17.4. The van der Waals surface area contributed by atoms with E-state index >= 15 is 0 Å². The summed E-state index contributed by atoms with van der Waals surface area (Å²) in [5, 5.41) is 8.98. The van der Waals surface area contributed by atoms with Crippen LogP contribution in [-0.2, 0) is 0 Å². The number of hydrogen-bond donors (Lipinski definition) is 2. The van der Waals surface area contributed by atoms with Gasteiger partial charge in [0.15, 0.2) is 0 Å². The van der Waals surface area contributed by atoms with Gasteiger partial charge in [-0.3, -0.25) is 4.79 Å². The van der Waals surface area contributed by atoms with Crippen molar-refractivity contribution in [3.8, 4) is 16.9 Å². The first-order chi connectivity index (χ1) is 15.0. The Balaban J connectivity index is 1.66. The van der Waals surface area contributed by atoms with Gasteiger partial charge in [0.1, 0.15) is 5.69 Å². The number of para-hydroxylation sites is 1. The Bertz CT molecular complexity index is 1240. The Morgan fingerprint density at radius 3 is 2.48 bits per heavy atom. The van der Waals surface area contributed by atoms with E-state index in [2.05, 4.69) is 42.6 Å². The van der Waals surface area contributed by atoms with Crippen molar-refractivity contribution in [2.24, 2.45) is 5.10 Å². The molecule has 6 nitrogen and oxygen atoms in total. The maximum atomic E-state index is 12.3. The van der Waals surface area contributed by atoms with Gasteiger partial charge < -0.3 is 5.73 Å². The second-order valence-electron chi connectivity index (χ2n) is 7.35. The number of nitrogen functional groups attached to an aromatic ring is 1. The molecule has 0 saturated carbocycles. The summed E-state index contributed by atoms with van der Waals surface area (Å²) in [4.78, 5) is 12.3. The first-order valence-corrected chi connectivity index (χ1v) is 9.93. The van der Waals surface area contributed by atoms with Crippen LogP contribution in [0.1, 0.15) is 27.0 Å². The van der Waals surface area contributed by atoms with E-state index in [0.717, 1.165) is 28.1 Å². The number of aromatic nitrogens is 2. The Morgan fingerprint density at radius 2 is 1.77 bits per heavy atom. The van der Waals surface area contributed by atoms with E-state index in [-0.39, 0.29) is 5.91 Å². The number of anilines is 1. The van der Waals surface area contributed by atoms with Gasteiger partial charge in [0.25, 0.3) is 5.91 Å². The van der Waals surface area contributed by atoms with Crippen molar-refractivity contribution in [3.63, 3.8) is 0 Å². The number of nitrogens with one attached hydrogen (secondary N) is 1. The van der Waals surface area contributed by atoms with Crippen molar-refractivity contribution in [2.75, 3.05) is 5.73 Å². The third kappa shape index (κ3) is 4.53. The van der Waals surface area contributed by atoms with Gasteiger partial charge in [0.2, 0.25) is 0 Å². The first kappa shape index (κ1) is 20.1. The number of carbonyl (C=O) groups excluding carboxylic acids is 1. The van der Waals surface area contributed by atoms with Gasteiger partial charge in [-0.05, 0) is 55.8 Å². The Labute approximate surface area is 181 Å². The fourth-order valence-electron chi connectivity index (χ4n) is 3.34. The molecular weight excluding hydrogens is 386 g/mol. The molecule has 0 spiro atoms. The molecule has 0 aliphatic rings. The van der Waals surface area contributed by atoms with Crippen molar-refractivity contribution in [1.29, 1.82) is 0 Å². The van der Waals surface area contributed by atoms with Gasteiger partial charge in [-0.15, -0.1) is 0 Å². The quantitative estimate of drug-likeness (QED) is 0.289. The fourth-order valence-corrected chi connectivity index (χ4v) is 3.34. The summed E-state index contributed by atoms with van der Waals surface area (Å²) in [5.74, 6) is -0.306. The Kier molecular flexibility index (Phi) is 5.62. The van der Waals surface area contributed by atoms with E-state index in [1.165, 1.54) is 5.56 Å². The lowest BCUT2D eigenvalue weighted by molar-refractivity contribution is 0.0955. The van der Waals surface area contributed by atoms with Crippen LogP contribution in [0, 0.1) is 13.8 Å². The van der Waals surface area contributed by atoms with E-state index in [4.69, 9.17) is 10.8 Å². The van der Waals surface area contributed by atoms with Crippen LogP contribution < -0.4 is 11.2 Å². The van der Waals surface area contributed by atoms with Crippen LogP contribution in [0.25, 0.3) is 16.9 Å². The standard InChI is InChI=1S/C25H23N5O/c1-17-8-13-23(18(2)14-17)24-20(16-30(29-24)22-6-4-3-5-7-22)15-27-28-25(31)19-9-11-21(26)12-10-19/h3-16H,26H2,1-2H3,(H,28,31)/b27-15-. The third-order valence-corrected chi connectivity index (χ3v) is 4.94. The van der Waals surface area contributed by atoms with Crippen LogP contribution in [0.4, 0.5) is 5.69 Å². The van der Waals surface area contributed by atoms with Crippen LogP contribution in [-0.4, -0.2) is 21.9 Å². The van der Waals surface area contributed by atoms with Crippen LogP contribution in [0.2, 0.25) is 0 Å². The molecule has 1 amide bonds. The lowest BCUT2D eigenvalue weighted by atomic mass is 10.0. The van der Waals surface area contributed by atoms with Crippen molar-refractivity contribution in [3.05, 3.63) is 101 Å². The molecule has 4 aromatic rings. The van der Waals surface area contributed by atoms with Gasteiger partial charge in [0, 0.05) is 28.6 Å². The highest BCUT2D eigenvalue weighted by Gasteiger charge is 2.13. The van der Waals surface area contributed by atoms with Crippen LogP contribution >= 0.6 is 0 Å². The Hall–Kier alpha value is -4.19. The molecule has 6 heteroatoms. The molecule has 0 unspecified atom stereocenters. The molecule has 0 atom stereocenters. The van der Waals surface area contributed by atoms with E-state index in [9.17, 15) is 4.79 Å². The molecule has 31 heavy (non-hydrogen) atoms. The van der Waals surface area contributed by atoms with Gasteiger partial charge in [-0.2, -0.15) is 10.2 Å². The average Bonchev–Trinajstić information content (AvgIpc) is 3.18. The minimum absolute atomic E-state index is 0.306. The SMILES string of the molecule is Cc1ccc(-c2nn(-c3ccccc3)cc2/C=N\NC(=O)c2ccc(N)cc2)c(C)c1. The number of benzene rings is 3. The number of carbonyl (C=O) groups is 1. The average molecular weight is 409 g/mol. The smallest absolute Gasteiger partial charge is 0.271 e. The highest BCUT2D eigenvalue weighted by atomic mass is 16.2. The lowest BCUT2D eigenvalue weighted by Gasteiger charge is -2.05. The fraction of sp³-hybridized carbons (Fsp3) is 0.0800. The lowest BCUT2D eigenvalue weighted by Crippen LogP contribution is -2.17. The van der Waals surface area contributed by atoms with Crippen LogP contribution in [0.5, 0.6) is 0 Å². The largest absolute Gasteiger partial charge is 0.399 e. The molecule has 4 rings (SSSR count).